The third-order valence-electron chi connectivity index (χ3n) is 4.51. The van der Waals surface area contributed by atoms with Crippen molar-refractivity contribution in [2.24, 2.45) is 5.92 Å². The molecule has 1 aliphatic heterocycles. The number of halogens is 2. The van der Waals surface area contributed by atoms with Crippen molar-refractivity contribution in [3.63, 3.8) is 0 Å². The summed E-state index contributed by atoms with van der Waals surface area (Å²) in [7, 11) is 0. The normalized spacial score (nSPS) is 18.0. The van der Waals surface area contributed by atoms with Gasteiger partial charge in [-0.15, -0.1) is 0 Å². The van der Waals surface area contributed by atoms with E-state index in [1.807, 2.05) is 0 Å². The van der Waals surface area contributed by atoms with Crippen LogP contribution >= 0.6 is 0 Å². The van der Waals surface area contributed by atoms with E-state index in [0.717, 1.165) is 12.8 Å². The summed E-state index contributed by atoms with van der Waals surface area (Å²) in [5.74, 6) is -0.705. The number of hydrogen-bond acceptors (Lipinski definition) is 3. The zero-order valence-corrected chi connectivity index (χ0v) is 13.6. The van der Waals surface area contributed by atoms with E-state index in [-0.39, 0.29) is 23.1 Å². The molecule has 0 radical (unpaired) electrons. The van der Waals surface area contributed by atoms with Crippen LogP contribution in [0.25, 0.3) is 0 Å². The third kappa shape index (κ3) is 3.63. The van der Waals surface area contributed by atoms with Crippen LogP contribution in [-0.4, -0.2) is 29.1 Å². The van der Waals surface area contributed by atoms with Crippen molar-refractivity contribution >= 4 is 5.91 Å². The molecule has 2 heterocycles. The molecule has 4 nitrogen and oxygen atoms in total. The van der Waals surface area contributed by atoms with Gasteiger partial charge in [0, 0.05) is 24.7 Å². The van der Waals surface area contributed by atoms with Gasteiger partial charge in [-0.2, -0.15) is 0 Å². The fraction of sp³-hybridized carbons (Fsp3) is 0.444. The standard InChI is InChI=1S/C18H20F2N2O2/c1-12-10-17(24-21-12)18(23)22-9-3-4-13(11-22)7-8-14-15(19)5-2-6-16(14)20/h2,5-6,10,13H,3-4,7-9,11H2,1H3/t13-/m1/s1. The van der Waals surface area contributed by atoms with E-state index in [0.29, 0.717) is 31.6 Å². The molecular formula is C18H20F2N2O2. The van der Waals surface area contributed by atoms with E-state index in [1.54, 1.807) is 17.9 Å². The number of hydrogen-bond donors (Lipinski definition) is 0. The van der Waals surface area contributed by atoms with Gasteiger partial charge in [-0.25, -0.2) is 8.78 Å². The Morgan fingerprint density at radius 1 is 1.38 bits per heavy atom. The summed E-state index contributed by atoms with van der Waals surface area (Å²) in [4.78, 5) is 14.2. The van der Waals surface area contributed by atoms with Crippen LogP contribution in [0.5, 0.6) is 0 Å². The van der Waals surface area contributed by atoms with E-state index in [1.165, 1.54) is 18.2 Å². The van der Waals surface area contributed by atoms with E-state index in [2.05, 4.69) is 5.16 Å². The summed E-state index contributed by atoms with van der Waals surface area (Å²) in [5.41, 5.74) is 0.800. The van der Waals surface area contributed by atoms with Gasteiger partial charge in [-0.1, -0.05) is 11.2 Å². The minimum Gasteiger partial charge on any atom is -0.351 e. The van der Waals surface area contributed by atoms with Crippen molar-refractivity contribution < 1.29 is 18.1 Å². The van der Waals surface area contributed by atoms with Gasteiger partial charge in [-0.05, 0) is 50.7 Å². The number of rotatable bonds is 4. The second-order valence-corrected chi connectivity index (χ2v) is 6.33. The fourth-order valence-corrected chi connectivity index (χ4v) is 3.22. The molecule has 0 saturated carbocycles. The first-order valence-electron chi connectivity index (χ1n) is 8.20. The van der Waals surface area contributed by atoms with E-state index < -0.39 is 11.6 Å². The molecule has 1 aliphatic rings. The van der Waals surface area contributed by atoms with E-state index >= 15 is 0 Å². The number of likely N-dealkylation sites (tertiary alicyclic amines) is 1. The first kappa shape index (κ1) is 16.6. The molecule has 1 saturated heterocycles. The molecule has 0 bridgehead atoms. The number of aryl methyl sites for hydroxylation is 1. The Labute approximate surface area is 139 Å². The zero-order valence-electron chi connectivity index (χ0n) is 13.6. The van der Waals surface area contributed by atoms with Crippen molar-refractivity contribution in [1.82, 2.24) is 10.1 Å². The van der Waals surface area contributed by atoms with Crippen molar-refractivity contribution in [2.45, 2.75) is 32.6 Å². The van der Waals surface area contributed by atoms with Gasteiger partial charge in [-0.3, -0.25) is 4.79 Å². The molecule has 1 fully saturated rings. The predicted octanol–water partition coefficient (Wildman–Crippen LogP) is 3.75. The van der Waals surface area contributed by atoms with Gasteiger partial charge < -0.3 is 9.42 Å². The average molecular weight is 334 g/mol. The Bertz CT molecular complexity index is 709. The second kappa shape index (κ2) is 7.11. The quantitative estimate of drug-likeness (QED) is 0.855. The summed E-state index contributed by atoms with van der Waals surface area (Å²) in [6.45, 7) is 3.01. The molecule has 0 unspecified atom stereocenters. The number of amides is 1. The molecule has 1 aromatic carbocycles. The van der Waals surface area contributed by atoms with Gasteiger partial charge in [0.15, 0.2) is 0 Å². The van der Waals surface area contributed by atoms with Gasteiger partial charge in [0.25, 0.3) is 5.91 Å². The summed E-state index contributed by atoms with van der Waals surface area (Å²) in [5, 5.41) is 3.74. The van der Waals surface area contributed by atoms with Crippen molar-refractivity contribution in [2.75, 3.05) is 13.1 Å². The van der Waals surface area contributed by atoms with Crippen LogP contribution in [0.1, 0.15) is 41.1 Å². The van der Waals surface area contributed by atoms with Gasteiger partial charge >= 0.3 is 0 Å². The van der Waals surface area contributed by atoms with Crippen LogP contribution in [0.2, 0.25) is 0 Å². The van der Waals surface area contributed by atoms with Crippen LogP contribution in [0.4, 0.5) is 8.78 Å². The predicted molar refractivity (Wildman–Crippen MR) is 84.5 cm³/mol. The Balaban J connectivity index is 1.60. The molecule has 1 atom stereocenters. The lowest BCUT2D eigenvalue weighted by Crippen LogP contribution is -2.40. The molecule has 2 aromatic rings. The minimum atomic E-state index is -0.504. The van der Waals surface area contributed by atoms with Crippen molar-refractivity contribution in [1.29, 1.82) is 0 Å². The van der Waals surface area contributed by atoms with Gasteiger partial charge in [0.2, 0.25) is 5.76 Å². The molecular weight excluding hydrogens is 314 g/mol. The zero-order chi connectivity index (χ0) is 17.1. The molecule has 0 N–H and O–H groups in total. The average Bonchev–Trinajstić information content (AvgIpc) is 3.00. The Hall–Kier alpha value is -2.24. The Morgan fingerprint density at radius 2 is 2.12 bits per heavy atom. The van der Waals surface area contributed by atoms with Crippen molar-refractivity contribution in [3.8, 4) is 0 Å². The highest BCUT2D eigenvalue weighted by molar-refractivity contribution is 5.91. The van der Waals surface area contributed by atoms with Crippen LogP contribution in [0.15, 0.2) is 28.8 Å². The largest absolute Gasteiger partial charge is 0.351 e. The Kier molecular flexibility index (Phi) is 4.92. The molecule has 128 valence electrons. The maximum Gasteiger partial charge on any atom is 0.292 e. The molecule has 6 heteroatoms. The van der Waals surface area contributed by atoms with E-state index in [4.69, 9.17) is 4.52 Å². The number of carbonyl (C=O) groups excluding carboxylic acids is 1. The summed E-state index contributed by atoms with van der Waals surface area (Å²) >= 11 is 0. The van der Waals surface area contributed by atoms with Gasteiger partial charge in [0.05, 0.1) is 5.69 Å². The molecule has 3 rings (SSSR count). The monoisotopic (exact) mass is 334 g/mol. The first-order chi connectivity index (χ1) is 11.5. The molecule has 24 heavy (non-hydrogen) atoms. The lowest BCUT2D eigenvalue weighted by atomic mass is 9.91. The highest BCUT2D eigenvalue weighted by Gasteiger charge is 2.27. The smallest absolute Gasteiger partial charge is 0.292 e. The Morgan fingerprint density at radius 3 is 2.79 bits per heavy atom. The molecule has 1 amide bonds. The summed E-state index contributed by atoms with van der Waals surface area (Å²) in [6, 6.07) is 5.55. The summed E-state index contributed by atoms with van der Waals surface area (Å²) < 4.78 is 32.5. The topological polar surface area (TPSA) is 46.3 Å². The number of carbonyl (C=O) groups is 1. The fourth-order valence-electron chi connectivity index (χ4n) is 3.22. The van der Waals surface area contributed by atoms with Crippen LogP contribution in [-0.2, 0) is 6.42 Å². The maximum atomic E-state index is 13.7. The highest BCUT2D eigenvalue weighted by atomic mass is 19.1. The number of piperidine rings is 1. The molecule has 1 aromatic heterocycles. The van der Waals surface area contributed by atoms with E-state index in [9.17, 15) is 13.6 Å². The van der Waals surface area contributed by atoms with Gasteiger partial charge in [0.1, 0.15) is 11.6 Å². The number of nitrogens with zero attached hydrogens (tertiary/aromatic N) is 2. The SMILES string of the molecule is Cc1cc(C(=O)N2CCC[C@H](CCc3c(F)cccc3F)C2)on1. The van der Waals surface area contributed by atoms with Crippen LogP contribution in [0.3, 0.4) is 0 Å². The minimum absolute atomic E-state index is 0.131. The van der Waals surface area contributed by atoms with Crippen LogP contribution in [0, 0.1) is 24.5 Å². The lowest BCUT2D eigenvalue weighted by molar-refractivity contribution is 0.0626. The number of aromatic nitrogens is 1. The highest BCUT2D eigenvalue weighted by Crippen LogP contribution is 2.24. The molecule has 0 spiro atoms. The third-order valence-corrected chi connectivity index (χ3v) is 4.51. The second-order valence-electron chi connectivity index (χ2n) is 6.33. The van der Waals surface area contributed by atoms with Crippen molar-refractivity contribution in [3.05, 3.63) is 52.9 Å². The molecule has 0 aliphatic carbocycles. The maximum absolute atomic E-state index is 13.7. The lowest BCUT2D eigenvalue weighted by Gasteiger charge is -2.32. The van der Waals surface area contributed by atoms with Crippen LogP contribution < -0.4 is 0 Å². The summed E-state index contributed by atoms with van der Waals surface area (Å²) in [6.07, 6.45) is 2.82. The first-order valence-corrected chi connectivity index (χ1v) is 8.20. The number of benzene rings is 1.